The first kappa shape index (κ1) is 25.1. The number of carbonyl (C=O) groups excluding carboxylic acids is 1. The largest absolute Gasteiger partial charge is 0.359 e. The number of sulfonamides is 1. The molecule has 8 nitrogen and oxygen atoms in total. The summed E-state index contributed by atoms with van der Waals surface area (Å²) in [5.41, 5.74) is 2.40. The fraction of sp³-hybridized carbons (Fsp3) is 0.308. The van der Waals surface area contributed by atoms with Crippen molar-refractivity contribution in [1.29, 1.82) is 0 Å². The predicted octanol–water partition coefficient (Wildman–Crippen LogP) is 3.82. The zero-order valence-corrected chi connectivity index (χ0v) is 20.9. The van der Waals surface area contributed by atoms with Crippen LogP contribution >= 0.6 is 0 Å². The van der Waals surface area contributed by atoms with Crippen molar-refractivity contribution in [2.24, 2.45) is 0 Å². The molecule has 37 heavy (non-hydrogen) atoms. The molecule has 11 heteroatoms. The molecule has 2 aromatic carbocycles. The maximum Gasteiger partial charge on any atom is 0.246 e. The van der Waals surface area contributed by atoms with E-state index in [1.165, 1.54) is 4.90 Å². The van der Waals surface area contributed by atoms with Gasteiger partial charge >= 0.3 is 0 Å². The standard InChI is InChI=1S/C26H27F2N5O3S/c27-21-5-8-23(28)20(13-21)17-33-24-14-19(15-29-26(24)30-16-25(33)34)18-3-6-22(7-4-18)31-37(35,36)12-11-32-9-1-2-10-32/h3-8,13-15,31H,1-2,9-12,16-17H2,(H,29,30). The van der Waals surface area contributed by atoms with Gasteiger partial charge in [-0.05, 0) is 67.9 Å². The Balaban J connectivity index is 1.33. The van der Waals surface area contributed by atoms with Crippen LogP contribution in [-0.4, -0.2) is 56.1 Å². The molecule has 194 valence electrons. The van der Waals surface area contributed by atoms with Gasteiger partial charge < -0.3 is 15.1 Å². The molecule has 5 rings (SSSR count). The summed E-state index contributed by atoms with van der Waals surface area (Å²) in [6, 6.07) is 11.8. The minimum Gasteiger partial charge on any atom is -0.359 e. The van der Waals surface area contributed by atoms with Crippen molar-refractivity contribution in [3.8, 4) is 11.1 Å². The number of nitrogens with one attached hydrogen (secondary N) is 2. The first-order valence-electron chi connectivity index (χ1n) is 12.1. The highest BCUT2D eigenvalue weighted by atomic mass is 32.2. The number of rotatable bonds is 8. The summed E-state index contributed by atoms with van der Waals surface area (Å²) in [5, 5.41) is 2.95. The number of nitrogens with zero attached hydrogens (tertiary/aromatic N) is 3. The first-order chi connectivity index (χ1) is 17.8. The van der Waals surface area contributed by atoms with Gasteiger partial charge in [-0.3, -0.25) is 9.52 Å². The van der Waals surface area contributed by atoms with Crippen molar-refractivity contribution < 1.29 is 22.0 Å². The molecule has 0 unspecified atom stereocenters. The van der Waals surface area contributed by atoms with E-state index in [9.17, 15) is 22.0 Å². The summed E-state index contributed by atoms with van der Waals surface area (Å²) in [4.78, 5) is 20.6. The van der Waals surface area contributed by atoms with E-state index in [-0.39, 0.29) is 30.3 Å². The van der Waals surface area contributed by atoms with E-state index in [0.29, 0.717) is 29.3 Å². The molecule has 0 spiro atoms. The molecule has 0 bridgehead atoms. The molecular weight excluding hydrogens is 500 g/mol. The van der Waals surface area contributed by atoms with Gasteiger partial charge in [0.05, 0.1) is 24.5 Å². The number of anilines is 3. The third-order valence-electron chi connectivity index (χ3n) is 6.57. The van der Waals surface area contributed by atoms with Crippen LogP contribution < -0.4 is 14.9 Å². The number of likely N-dealkylation sites (tertiary alicyclic amines) is 1. The Morgan fingerprint density at radius 2 is 1.76 bits per heavy atom. The van der Waals surface area contributed by atoms with Crippen molar-refractivity contribution >= 4 is 33.1 Å². The first-order valence-corrected chi connectivity index (χ1v) is 13.7. The van der Waals surface area contributed by atoms with E-state index in [2.05, 4.69) is 19.9 Å². The number of aromatic nitrogens is 1. The molecule has 1 amide bonds. The minimum atomic E-state index is -3.48. The SMILES string of the molecule is O=C1CNc2ncc(-c3ccc(NS(=O)(=O)CCN4CCCC4)cc3)cc2N1Cc1cc(F)ccc1F. The summed E-state index contributed by atoms with van der Waals surface area (Å²) in [5.74, 6) is -0.988. The number of fused-ring (bicyclic) bond motifs is 1. The van der Waals surface area contributed by atoms with Crippen molar-refractivity contribution in [2.75, 3.05) is 46.9 Å². The summed E-state index contributed by atoms with van der Waals surface area (Å²) < 4.78 is 55.6. The molecule has 0 saturated carbocycles. The molecule has 2 aliphatic heterocycles. The fourth-order valence-corrected chi connectivity index (χ4v) is 5.66. The van der Waals surface area contributed by atoms with Crippen LogP contribution in [0.4, 0.5) is 26.0 Å². The quantitative estimate of drug-likeness (QED) is 0.463. The summed E-state index contributed by atoms with van der Waals surface area (Å²) in [6.07, 6.45) is 3.85. The van der Waals surface area contributed by atoms with Crippen molar-refractivity contribution in [3.63, 3.8) is 0 Å². The lowest BCUT2D eigenvalue weighted by Gasteiger charge is -2.30. The van der Waals surface area contributed by atoms with E-state index in [1.54, 1.807) is 36.5 Å². The Morgan fingerprint density at radius 1 is 1.00 bits per heavy atom. The van der Waals surface area contributed by atoms with Crippen LogP contribution in [0.2, 0.25) is 0 Å². The van der Waals surface area contributed by atoms with Crippen LogP contribution in [-0.2, 0) is 21.4 Å². The third kappa shape index (κ3) is 5.89. The second-order valence-corrected chi connectivity index (χ2v) is 11.0. The average Bonchev–Trinajstić information content (AvgIpc) is 3.41. The topological polar surface area (TPSA) is 94.6 Å². The second kappa shape index (κ2) is 10.4. The smallest absolute Gasteiger partial charge is 0.246 e. The molecule has 1 aromatic heterocycles. The lowest BCUT2D eigenvalue weighted by molar-refractivity contribution is -0.117. The van der Waals surface area contributed by atoms with Gasteiger partial charge in [0.15, 0.2) is 5.82 Å². The molecule has 0 aliphatic carbocycles. The van der Waals surface area contributed by atoms with Crippen LogP contribution in [0.1, 0.15) is 18.4 Å². The third-order valence-corrected chi connectivity index (χ3v) is 7.84. The monoisotopic (exact) mass is 527 g/mol. The normalized spacial score (nSPS) is 15.9. The Hall–Kier alpha value is -3.57. The number of hydrogen-bond acceptors (Lipinski definition) is 6. The van der Waals surface area contributed by atoms with E-state index in [1.807, 2.05) is 0 Å². The lowest BCUT2D eigenvalue weighted by atomic mass is 10.1. The Morgan fingerprint density at radius 3 is 2.51 bits per heavy atom. The molecule has 2 N–H and O–H groups in total. The molecule has 0 atom stereocenters. The number of halogens is 2. The maximum absolute atomic E-state index is 14.3. The minimum absolute atomic E-state index is 0.0110. The second-order valence-electron chi connectivity index (χ2n) is 9.21. The number of benzene rings is 2. The molecule has 2 aliphatic rings. The van der Waals surface area contributed by atoms with Gasteiger partial charge in [-0.15, -0.1) is 0 Å². The maximum atomic E-state index is 14.3. The van der Waals surface area contributed by atoms with Crippen LogP contribution in [0.3, 0.4) is 0 Å². The summed E-state index contributed by atoms with van der Waals surface area (Å²) >= 11 is 0. The number of amides is 1. The highest BCUT2D eigenvalue weighted by Gasteiger charge is 2.26. The molecule has 1 fully saturated rings. The Kier molecular flexibility index (Phi) is 7.07. The van der Waals surface area contributed by atoms with Crippen molar-refractivity contribution in [1.82, 2.24) is 9.88 Å². The van der Waals surface area contributed by atoms with E-state index < -0.39 is 21.7 Å². The van der Waals surface area contributed by atoms with Crippen LogP contribution in [0.25, 0.3) is 11.1 Å². The number of hydrogen-bond donors (Lipinski definition) is 2. The Labute approximate surface area is 214 Å². The summed E-state index contributed by atoms with van der Waals surface area (Å²) in [6.45, 7) is 2.24. The molecule has 3 aromatic rings. The Bertz CT molecular complexity index is 1410. The number of pyridine rings is 1. The van der Waals surface area contributed by atoms with Crippen LogP contribution in [0.15, 0.2) is 54.7 Å². The van der Waals surface area contributed by atoms with Crippen molar-refractivity contribution in [2.45, 2.75) is 19.4 Å². The van der Waals surface area contributed by atoms with Gasteiger partial charge in [0, 0.05) is 29.6 Å². The highest BCUT2D eigenvalue weighted by Crippen LogP contribution is 2.34. The van der Waals surface area contributed by atoms with Gasteiger partial charge in [0.25, 0.3) is 0 Å². The van der Waals surface area contributed by atoms with Crippen molar-refractivity contribution in [3.05, 3.63) is 71.9 Å². The van der Waals surface area contributed by atoms with Crippen LogP contribution in [0.5, 0.6) is 0 Å². The van der Waals surface area contributed by atoms with E-state index in [4.69, 9.17) is 0 Å². The molecule has 1 saturated heterocycles. The predicted molar refractivity (Wildman–Crippen MR) is 139 cm³/mol. The van der Waals surface area contributed by atoms with Gasteiger partial charge in [0.2, 0.25) is 15.9 Å². The summed E-state index contributed by atoms with van der Waals surface area (Å²) in [7, 11) is -3.48. The molecule has 0 radical (unpaired) electrons. The van der Waals surface area contributed by atoms with Gasteiger partial charge in [0.1, 0.15) is 11.6 Å². The van der Waals surface area contributed by atoms with Gasteiger partial charge in [-0.25, -0.2) is 22.2 Å². The van der Waals surface area contributed by atoms with Crippen LogP contribution in [0, 0.1) is 11.6 Å². The molecular formula is C26H27F2N5O3S. The zero-order valence-electron chi connectivity index (χ0n) is 20.1. The molecule has 3 heterocycles. The average molecular weight is 528 g/mol. The van der Waals surface area contributed by atoms with E-state index in [0.717, 1.165) is 49.7 Å². The number of carbonyl (C=O) groups is 1. The van der Waals surface area contributed by atoms with Gasteiger partial charge in [-0.2, -0.15) is 0 Å². The van der Waals surface area contributed by atoms with E-state index >= 15 is 0 Å². The van der Waals surface area contributed by atoms with Gasteiger partial charge in [-0.1, -0.05) is 12.1 Å². The lowest BCUT2D eigenvalue weighted by Crippen LogP contribution is -2.40. The highest BCUT2D eigenvalue weighted by molar-refractivity contribution is 7.92. The zero-order chi connectivity index (χ0) is 26.0. The fourth-order valence-electron chi connectivity index (χ4n) is 4.57.